The molecule has 2 atom stereocenters. The highest BCUT2D eigenvalue weighted by molar-refractivity contribution is 8.00. The van der Waals surface area contributed by atoms with Gasteiger partial charge in [-0.05, 0) is 30.6 Å². The van der Waals surface area contributed by atoms with Gasteiger partial charge in [0.25, 0.3) is 11.8 Å². The number of thioether (sulfide) groups is 1. The van der Waals surface area contributed by atoms with E-state index in [1.807, 2.05) is 42.1 Å². The Labute approximate surface area is 135 Å². The van der Waals surface area contributed by atoms with E-state index in [9.17, 15) is 9.59 Å². The first kappa shape index (κ1) is 15.4. The highest BCUT2D eigenvalue weighted by Crippen LogP contribution is 2.38. The van der Waals surface area contributed by atoms with Gasteiger partial charge in [0.15, 0.2) is 0 Å². The average molecular weight is 318 g/mol. The molecule has 4 nitrogen and oxygen atoms in total. The van der Waals surface area contributed by atoms with Gasteiger partial charge in [-0.25, -0.2) is 0 Å². The molecular formula is C17H22N2O2S. The Morgan fingerprint density at radius 2 is 2.00 bits per heavy atom. The van der Waals surface area contributed by atoms with Crippen molar-refractivity contribution < 1.29 is 9.59 Å². The topological polar surface area (TPSA) is 49.4 Å². The van der Waals surface area contributed by atoms with Crippen molar-refractivity contribution in [1.29, 1.82) is 0 Å². The first-order valence-electron chi connectivity index (χ1n) is 7.78. The Hall–Kier alpha value is -1.49. The van der Waals surface area contributed by atoms with Crippen molar-refractivity contribution in [1.82, 2.24) is 10.4 Å². The summed E-state index contributed by atoms with van der Waals surface area (Å²) in [6, 6.07) is 9.85. The van der Waals surface area contributed by atoms with E-state index < -0.39 is 5.92 Å². The number of hydrogen-bond donors (Lipinski definition) is 1. The lowest BCUT2D eigenvalue weighted by Crippen LogP contribution is -2.48. The Morgan fingerprint density at radius 1 is 1.27 bits per heavy atom. The van der Waals surface area contributed by atoms with Crippen LogP contribution in [-0.2, 0) is 16.0 Å². The zero-order valence-electron chi connectivity index (χ0n) is 13.0. The summed E-state index contributed by atoms with van der Waals surface area (Å²) in [5.41, 5.74) is 3.84. The van der Waals surface area contributed by atoms with Crippen LogP contribution in [0.3, 0.4) is 0 Å². The molecule has 2 amide bonds. The summed E-state index contributed by atoms with van der Waals surface area (Å²) in [7, 11) is 0. The minimum absolute atomic E-state index is 0.0680. The van der Waals surface area contributed by atoms with Crippen molar-refractivity contribution in [3.05, 3.63) is 35.9 Å². The molecule has 22 heavy (non-hydrogen) atoms. The summed E-state index contributed by atoms with van der Waals surface area (Å²) in [6.07, 6.45) is 2.34. The summed E-state index contributed by atoms with van der Waals surface area (Å²) in [5.74, 6) is 0.215. The number of benzene rings is 1. The van der Waals surface area contributed by atoms with E-state index >= 15 is 0 Å². The molecule has 0 bridgehead atoms. The molecule has 0 spiro atoms. The predicted molar refractivity (Wildman–Crippen MR) is 88.2 cm³/mol. The maximum absolute atomic E-state index is 12.7. The standard InChI is InChI=1S/C17H22N2O2S/c1-17(2)11-13(8-9-22-17)19-16(21)14(15(20)18-19)10-12-6-4-3-5-7-12/h3-7,13-14H,8-11H2,1-2H3,(H,18,20)/t13-,14-/m1/s1. The number of nitrogens with zero attached hydrogens (tertiary/aromatic N) is 1. The van der Waals surface area contributed by atoms with Gasteiger partial charge in [-0.3, -0.25) is 20.0 Å². The first-order valence-corrected chi connectivity index (χ1v) is 8.76. The van der Waals surface area contributed by atoms with Gasteiger partial charge in [-0.1, -0.05) is 44.2 Å². The Balaban J connectivity index is 1.71. The third-order valence-electron chi connectivity index (χ3n) is 4.40. The molecule has 0 saturated carbocycles. The van der Waals surface area contributed by atoms with Crippen LogP contribution in [0.15, 0.2) is 30.3 Å². The second-order valence-electron chi connectivity index (χ2n) is 6.68. The molecule has 2 heterocycles. The van der Waals surface area contributed by atoms with Crippen molar-refractivity contribution in [3.8, 4) is 0 Å². The van der Waals surface area contributed by atoms with Crippen LogP contribution in [0.25, 0.3) is 0 Å². The van der Waals surface area contributed by atoms with Crippen LogP contribution >= 0.6 is 11.8 Å². The number of amides is 2. The quantitative estimate of drug-likeness (QED) is 0.871. The normalized spacial score (nSPS) is 27.8. The Bertz CT molecular complexity index is 573. The lowest BCUT2D eigenvalue weighted by Gasteiger charge is -2.38. The van der Waals surface area contributed by atoms with E-state index in [0.29, 0.717) is 6.42 Å². The smallest absolute Gasteiger partial charge is 0.254 e. The van der Waals surface area contributed by atoms with E-state index in [2.05, 4.69) is 19.3 Å². The second kappa shape index (κ2) is 5.95. The molecule has 2 aliphatic rings. The van der Waals surface area contributed by atoms with Gasteiger partial charge in [0.05, 0.1) is 6.04 Å². The lowest BCUT2D eigenvalue weighted by molar-refractivity contribution is -0.135. The summed E-state index contributed by atoms with van der Waals surface area (Å²) in [6.45, 7) is 4.40. The van der Waals surface area contributed by atoms with Gasteiger partial charge in [0, 0.05) is 4.75 Å². The van der Waals surface area contributed by atoms with Gasteiger partial charge >= 0.3 is 0 Å². The van der Waals surface area contributed by atoms with E-state index in [1.54, 1.807) is 5.01 Å². The molecule has 0 radical (unpaired) electrons. The highest BCUT2D eigenvalue weighted by atomic mass is 32.2. The number of carbonyl (C=O) groups is 2. The molecule has 0 aliphatic carbocycles. The third-order valence-corrected chi connectivity index (χ3v) is 5.79. The Morgan fingerprint density at radius 3 is 2.68 bits per heavy atom. The van der Waals surface area contributed by atoms with E-state index in [1.165, 1.54) is 0 Å². The molecule has 1 aromatic carbocycles. The minimum Gasteiger partial charge on any atom is -0.272 e. The van der Waals surface area contributed by atoms with Crippen LogP contribution in [0.1, 0.15) is 32.3 Å². The summed E-state index contributed by atoms with van der Waals surface area (Å²) < 4.78 is 0.158. The van der Waals surface area contributed by atoms with Crippen molar-refractivity contribution in [3.63, 3.8) is 0 Å². The van der Waals surface area contributed by atoms with Crippen molar-refractivity contribution in [2.24, 2.45) is 5.92 Å². The molecule has 1 N–H and O–H groups in total. The van der Waals surface area contributed by atoms with E-state index in [-0.39, 0.29) is 22.6 Å². The largest absolute Gasteiger partial charge is 0.272 e. The zero-order chi connectivity index (χ0) is 15.7. The van der Waals surface area contributed by atoms with Gasteiger partial charge in [0.1, 0.15) is 5.92 Å². The third kappa shape index (κ3) is 3.14. The monoisotopic (exact) mass is 318 g/mol. The van der Waals surface area contributed by atoms with Gasteiger partial charge in [-0.2, -0.15) is 11.8 Å². The summed E-state index contributed by atoms with van der Waals surface area (Å²) >= 11 is 1.94. The van der Waals surface area contributed by atoms with Crippen LogP contribution in [-0.4, -0.2) is 33.4 Å². The SMILES string of the molecule is CC1(C)C[C@H](N2NC(=O)[C@@H](Cc3ccccc3)C2=O)CCS1. The maximum Gasteiger partial charge on any atom is 0.254 e. The summed E-state index contributed by atoms with van der Waals surface area (Å²) in [5, 5.41) is 1.61. The number of nitrogens with one attached hydrogen (secondary N) is 1. The van der Waals surface area contributed by atoms with Crippen LogP contribution in [0, 0.1) is 5.92 Å². The number of carbonyl (C=O) groups excluding carboxylic acids is 2. The molecule has 118 valence electrons. The molecule has 1 aromatic rings. The zero-order valence-corrected chi connectivity index (χ0v) is 13.9. The van der Waals surface area contributed by atoms with Crippen LogP contribution < -0.4 is 5.43 Å². The fraction of sp³-hybridized carbons (Fsp3) is 0.529. The lowest BCUT2D eigenvalue weighted by atomic mass is 9.96. The molecule has 5 heteroatoms. The molecule has 3 rings (SSSR count). The number of hydrogen-bond acceptors (Lipinski definition) is 3. The molecule has 2 saturated heterocycles. The van der Waals surface area contributed by atoms with Crippen molar-refractivity contribution >= 4 is 23.6 Å². The molecular weight excluding hydrogens is 296 g/mol. The highest BCUT2D eigenvalue weighted by Gasteiger charge is 2.44. The average Bonchev–Trinajstić information content (AvgIpc) is 2.75. The predicted octanol–water partition coefficient (Wildman–Crippen LogP) is 2.39. The fourth-order valence-electron chi connectivity index (χ4n) is 3.25. The number of rotatable bonds is 3. The van der Waals surface area contributed by atoms with E-state index in [4.69, 9.17) is 0 Å². The van der Waals surface area contributed by atoms with Crippen LogP contribution in [0.5, 0.6) is 0 Å². The maximum atomic E-state index is 12.7. The Kier molecular flexibility index (Phi) is 4.17. The molecule has 2 aliphatic heterocycles. The van der Waals surface area contributed by atoms with Crippen molar-refractivity contribution in [2.75, 3.05) is 5.75 Å². The fourth-order valence-corrected chi connectivity index (χ4v) is 4.51. The first-order chi connectivity index (χ1) is 10.5. The van der Waals surface area contributed by atoms with Gasteiger partial charge < -0.3 is 0 Å². The second-order valence-corrected chi connectivity index (χ2v) is 8.48. The molecule has 0 aromatic heterocycles. The van der Waals surface area contributed by atoms with Gasteiger partial charge in [0.2, 0.25) is 0 Å². The van der Waals surface area contributed by atoms with Crippen molar-refractivity contribution in [2.45, 2.75) is 43.9 Å². The minimum atomic E-state index is -0.583. The van der Waals surface area contributed by atoms with Gasteiger partial charge in [-0.15, -0.1) is 0 Å². The summed E-state index contributed by atoms with van der Waals surface area (Å²) in [4.78, 5) is 24.9. The van der Waals surface area contributed by atoms with E-state index in [0.717, 1.165) is 24.2 Å². The van der Waals surface area contributed by atoms with Crippen LogP contribution in [0.4, 0.5) is 0 Å². The van der Waals surface area contributed by atoms with Crippen LogP contribution in [0.2, 0.25) is 0 Å². The molecule has 0 unspecified atom stereocenters. The molecule has 2 fully saturated rings. The number of hydrazine groups is 1.